The molecule has 1 N–H and O–H groups in total. The Kier molecular flexibility index (Phi) is 4.01. The van der Waals surface area contributed by atoms with Crippen LogP contribution in [0, 0.1) is 21.7 Å². The summed E-state index contributed by atoms with van der Waals surface area (Å²) in [5, 5.41) is 12.8. The molecule has 0 radical (unpaired) electrons. The summed E-state index contributed by atoms with van der Waals surface area (Å²) < 4.78 is 32.8. The number of rotatable bonds is 4. The second-order valence-corrected chi connectivity index (χ2v) is 5.01. The number of non-ortho nitro benzene ring substituents is 1. The second-order valence-electron chi connectivity index (χ2n) is 5.01. The van der Waals surface area contributed by atoms with Crippen molar-refractivity contribution in [1.82, 2.24) is 4.57 Å². The van der Waals surface area contributed by atoms with Gasteiger partial charge >= 0.3 is 5.76 Å². The SMILES string of the molecule is O=C(Cn1c(=O)oc2cc([N+](=O)[O-])ccc21)Nc1c(F)cccc1F. The highest BCUT2D eigenvalue weighted by Gasteiger charge is 2.18. The van der Waals surface area contributed by atoms with Gasteiger partial charge in [0, 0.05) is 6.07 Å². The van der Waals surface area contributed by atoms with Crippen molar-refractivity contribution in [2.75, 3.05) is 5.32 Å². The quantitative estimate of drug-likeness (QED) is 0.575. The lowest BCUT2D eigenvalue weighted by Crippen LogP contribution is -2.25. The van der Waals surface area contributed by atoms with Gasteiger partial charge in [-0.1, -0.05) is 6.07 Å². The van der Waals surface area contributed by atoms with E-state index in [9.17, 15) is 28.5 Å². The number of carbonyl (C=O) groups excluding carboxylic acids is 1. The fourth-order valence-corrected chi connectivity index (χ4v) is 2.26. The van der Waals surface area contributed by atoms with E-state index in [1.54, 1.807) is 0 Å². The summed E-state index contributed by atoms with van der Waals surface area (Å²) in [6, 6.07) is 6.51. The highest BCUT2D eigenvalue weighted by atomic mass is 19.1. The fourth-order valence-electron chi connectivity index (χ4n) is 2.26. The summed E-state index contributed by atoms with van der Waals surface area (Å²) in [6.45, 7) is -0.586. The largest absolute Gasteiger partial charge is 0.420 e. The predicted molar refractivity (Wildman–Crippen MR) is 82.1 cm³/mol. The van der Waals surface area contributed by atoms with Gasteiger partial charge in [-0.3, -0.25) is 19.5 Å². The molecule has 0 atom stereocenters. The normalized spacial score (nSPS) is 10.8. The summed E-state index contributed by atoms with van der Waals surface area (Å²) in [4.78, 5) is 33.9. The van der Waals surface area contributed by atoms with Crippen molar-refractivity contribution in [1.29, 1.82) is 0 Å². The third-order valence-electron chi connectivity index (χ3n) is 3.39. The summed E-state index contributed by atoms with van der Waals surface area (Å²) in [6.07, 6.45) is 0. The molecule has 0 saturated heterocycles. The van der Waals surface area contributed by atoms with Crippen LogP contribution in [0.25, 0.3) is 11.1 Å². The highest BCUT2D eigenvalue weighted by Crippen LogP contribution is 2.21. The Morgan fingerprint density at radius 1 is 1.24 bits per heavy atom. The first kappa shape index (κ1) is 16.3. The van der Waals surface area contributed by atoms with E-state index in [0.717, 1.165) is 34.9 Å². The number of nitro benzene ring substituents is 1. The van der Waals surface area contributed by atoms with E-state index < -0.39 is 40.5 Å². The molecule has 0 saturated carbocycles. The number of benzene rings is 2. The topological polar surface area (TPSA) is 107 Å². The van der Waals surface area contributed by atoms with Crippen LogP contribution in [0.2, 0.25) is 0 Å². The number of aromatic nitrogens is 1. The molecule has 0 fully saturated rings. The van der Waals surface area contributed by atoms with Crippen molar-refractivity contribution in [2.24, 2.45) is 0 Å². The van der Waals surface area contributed by atoms with E-state index >= 15 is 0 Å². The minimum atomic E-state index is -0.964. The summed E-state index contributed by atoms with van der Waals surface area (Å²) in [5.41, 5.74) is -0.862. The van der Waals surface area contributed by atoms with Crippen LogP contribution in [0.15, 0.2) is 45.6 Å². The van der Waals surface area contributed by atoms with Gasteiger partial charge < -0.3 is 9.73 Å². The zero-order valence-corrected chi connectivity index (χ0v) is 12.4. The Morgan fingerprint density at radius 2 is 1.92 bits per heavy atom. The average Bonchev–Trinajstić information content (AvgIpc) is 2.86. The van der Waals surface area contributed by atoms with Crippen LogP contribution in [0.1, 0.15) is 0 Å². The van der Waals surface area contributed by atoms with Gasteiger partial charge in [0.05, 0.1) is 16.5 Å². The molecule has 2 aromatic carbocycles. The van der Waals surface area contributed by atoms with Gasteiger partial charge in [-0.15, -0.1) is 0 Å². The van der Waals surface area contributed by atoms with E-state index in [-0.39, 0.29) is 16.8 Å². The molecule has 1 amide bonds. The number of nitrogens with one attached hydrogen (secondary N) is 1. The average molecular weight is 349 g/mol. The van der Waals surface area contributed by atoms with Crippen LogP contribution in [-0.4, -0.2) is 15.4 Å². The van der Waals surface area contributed by atoms with E-state index in [1.165, 1.54) is 6.07 Å². The predicted octanol–water partition coefficient (Wildman–Crippen LogP) is 2.42. The molecule has 3 rings (SSSR count). The van der Waals surface area contributed by atoms with Crippen LogP contribution in [-0.2, 0) is 11.3 Å². The molecule has 0 aliphatic rings. The lowest BCUT2D eigenvalue weighted by atomic mass is 10.2. The van der Waals surface area contributed by atoms with E-state index in [2.05, 4.69) is 0 Å². The number of halogens is 2. The van der Waals surface area contributed by atoms with Crippen molar-refractivity contribution in [3.05, 3.63) is 68.7 Å². The third kappa shape index (κ3) is 3.09. The van der Waals surface area contributed by atoms with Crippen LogP contribution < -0.4 is 11.1 Å². The number of nitro groups is 1. The first-order valence-electron chi connectivity index (χ1n) is 6.88. The Labute approximate surface area is 137 Å². The number of carbonyl (C=O) groups is 1. The van der Waals surface area contributed by atoms with E-state index in [1.807, 2.05) is 5.32 Å². The van der Waals surface area contributed by atoms with Crippen LogP contribution in [0.3, 0.4) is 0 Å². The molecule has 3 aromatic rings. The number of amides is 1. The fraction of sp³-hybridized carbons (Fsp3) is 0.0667. The van der Waals surface area contributed by atoms with Crippen molar-refractivity contribution in [2.45, 2.75) is 6.54 Å². The molecule has 128 valence electrons. The Bertz CT molecular complexity index is 1040. The van der Waals surface area contributed by atoms with Gasteiger partial charge in [0.2, 0.25) is 5.91 Å². The minimum Gasteiger partial charge on any atom is -0.407 e. The maximum atomic E-state index is 13.5. The Balaban J connectivity index is 1.90. The minimum absolute atomic E-state index is 0.0796. The van der Waals surface area contributed by atoms with Crippen LogP contribution in [0.4, 0.5) is 20.2 Å². The Hall–Kier alpha value is -3.56. The number of nitrogens with zero attached hydrogens (tertiary/aromatic N) is 2. The Morgan fingerprint density at radius 3 is 2.56 bits per heavy atom. The van der Waals surface area contributed by atoms with Crippen LogP contribution >= 0.6 is 0 Å². The van der Waals surface area contributed by atoms with Crippen LogP contribution in [0.5, 0.6) is 0 Å². The van der Waals surface area contributed by atoms with Crippen molar-refractivity contribution >= 4 is 28.4 Å². The number of fused-ring (bicyclic) bond motifs is 1. The molecule has 10 heteroatoms. The molecule has 1 aromatic heterocycles. The highest BCUT2D eigenvalue weighted by molar-refractivity contribution is 5.91. The van der Waals surface area contributed by atoms with Crippen molar-refractivity contribution in [3.63, 3.8) is 0 Å². The van der Waals surface area contributed by atoms with Crippen molar-refractivity contribution < 1.29 is 22.9 Å². The van der Waals surface area contributed by atoms with Gasteiger partial charge in [0.15, 0.2) is 5.58 Å². The monoisotopic (exact) mass is 349 g/mol. The lowest BCUT2D eigenvalue weighted by molar-refractivity contribution is -0.384. The molecule has 0 bridgehead atoms. The molecule has 25 heavy (non-hydrogen) atoms. The standard InChI is InChI=1S/C15H9F2N3O5/c16-9-2-1-3-10(17)14(9)18-13(21)7-19-11-5-4-8(20(23)24)6-12(11)25-15(19)22/h1-6H,7H2,(H,18,21). The molecular formula is C15H9F2N3O5. The maximum Gasteiger partial charge on any atom is 0.420 e. The number of para-hydroxylation sites is 1. The summed E-state index contributed by atoms with van der Waals surface area (Å²) in [7, 11) is 0. The first-order chi connectivity index (χ1) is 11.9. The lowest BCUT2D eigenvalue weighted by Gasteiger charge is -2.07. The number of oxazole rings is 1. The molecular weight excluding hydrogens is 340 g/mol. The maximum absolute atomic E-state index is 13.5. The smallest absolute Gasteiger partial charge is 0.407 e. The zero-order chi connectivity index (χ0) is 18.1. The van der Waals surface area contributed by atoms with E-state index in [0.29, 0.717) is 0 Å². The first-order valence-corrected chi connectivity index (χ1v) is 6.88. The van der Waals surface area contributed by atoms with Crippen molar-refractivity contribution in [3.8, 4) is 0 Å². The summed E-state index contributed by atoms with van der Waals surface area (Å²) >= 11 is 0. The summed E-state index contributed by atoms with van der Waals surface area (Å²) in [5.74, 6) is -3.73. The molecule has 0 aliphatic heterocycles. The zero-order valence-electron chi connectivity index (χ0n) is 12.4. The number of hydrogen-bond donors (Lipinski definition) is 1. The van der Waals surface area contributed by atoms with Gasteiger partial charge in [0.25, 0.3) is 5.69 Å². The van der Waals surface area contributed by atoms with Gasteiger partial charge in [-0.2, -0.15) is 0 Å². The molecule has 0 unspecified atom stereocenters. The van der Waals surface area contributed by atoms with Gasteiger partial charge in [0.1, 0.15) is 23.9 Å². The van der Waals surface area contributed by atoms with Gasteiger partial charge in [-0.25, -0.2) is 13.6 Å². The molecule has 8 nitrogen and oxygen atoms in total. The molecule has 0 spiro atoms. The number of anilines is 1. The van der Waals surface area contributed by atoms with Gasteiger partial charge in [-0.05, 0) is 18.2 Å². The number of hydrogen-bond acceptors (Lipinski definition) is 5. The second kappa shape index (κ2) is 6.15. The molecule has 1 heterocycles. The van der Waals surface area contributed by atoms with E-state index in [4.69, 9.17) is 4.42 Å². The third-order valence-corrected chi connectivity index (χ3v) is 3.39. The molecule has 0 aliphatic carbocycles.